The summed E-state index contributed by atoms with van der Waals surface area (Å²) in [5, 5.41) is 2.54. The van der Waals surface area contributed by atoms with Gasteiger partial charge in [0.1, 0.15) is 7.05 Å². The molecule has 3 nitrogen and oxygen atoms in total. The zero-order valence-corrected chi connectivity index (χ0v) is 23.4. The molecule has 0 unspecified atom stereocenters. The topological polar surface area (TPSA) is 10.4 Å². The first-order valence-electron chi connectivity index (χ1n) is 13.8. The highest BCUT2D eigenvalue weighted by Crippen LogP contribution is 2.47. The fraction of sp³-hybridized carbons (Fsp3) is 0.265. The zero-order valence-electron chi connectivity index (χ0n) is 22.6. The van der Waals surface area contributed by atoms with Gasteiger partial charge in [-0.1, -0.05) is 60.3 Å². The lowest BCUT2D eigenvalue weighted by Gasteiger charge is -2.25. The van der Waals surface area contributed by atoms with Crippen LogP contribution in [0.5, 0.6) is 0 Å². The van der Waals surface area contributed by atoms with Gasteiger partial charge in [-0.05, 0) is 92.4 Å². The molecule has 4 heteroatoms. The minimum Gasteiger partial charge on any atom is -0.332 e. The lowest BCUT2D eigenvalue weighted by Crippen LogP contribution is -2.28. The Hall–Kier alpha value is -3.34. The van der Waals surface area contributed by atoms with Gasteiger partial charge in [-0.2, -0.15) is 0 Å². The Morgan fingerprint density at radius 1 is 0.921 bits per heavy atom. The van der Waals surface area contributed by atoms with Crippen LogP contribution in [-0.4, -0.2) is 24.0 Å². The van der Waals surface area contributed by atoms with Crippen molar-refractivity contribution >= 4 is 40.0 Å². The van der Waals surface area contributed by atoms with Crippen LogP contribution in [0, 0.1) is 0 Å². The molecule has 0 amide bonds. The fourth-order valence-corrected chi connectivity index (χ4v) is 6.91. The second kappa shape index (κ2) is 10.8. The van der Waals surface area contributed by atoms with E-state index in [1.165, 1.54) is 74.7 Å². The number of hydrogen-bond donors (Lipinski definition) is 0. The molecule has 38 heavy (non-hydrogen) atoms. The number of aryl methyl sites for hydroxylation is 1. The van der Waals surface area contributed by atoms with Crippen LogP contribution in [0.15, 0.2) is 101 Å². The van der Waals surface area contributed by atoms with E-state index in [1.807, 2.05) is 11.8 Å². The van der Waals surface area contributed by atoms with Crippen LogP contribution in [0.2, 0.25) is 0 Å². The molecule has 6 rings (SSSR count). The summed E-state index contributed by atoms with van der Waals surface area (Å²) in [6.07, 6.45) is 9.58. The number of anilines is 1. The molecule has 3 heterocycles. The summed E-state index contributed by atoms with van der Waals surface area (Å²) in [5.41, 5.74) is 7.66. The zero-order chi connectivity index (χ0) is 26.1. The molecular weight excluding hydrogens is 482 g/mol. The maximum Gasteiger partial charge on any atom is 0.212 e. The number of allylic oxidation sites excluding steroid dienone is 2. The Balaban J connectivity index is 1.44. The van der Waals surface area contributed by atoms with E-state index in [1.54, 1.807) is 0 Å². The first kappa shape index (κ1) is 25.0. The highest BCUT2D eigenvalue weighted by molar-refractivity contribution is 8.03. The Kier molecular flexibility index (Phi) is 7.10. The van der Waals surface area contributed by atoms with Gasteiger partial charge in [0, 0.05) is 29.6 Å². The van der Waals surface area contributed by atoms with Crippen molar-refractivity contribution in [3.05, 3.63) is 113 Å². The Bertz CT molecular complexity index is 1510. The minimum atomic E-state index is 0.373. The number of para-hydroxylation sites is 2. The number of benzene rings is 3. The van der Waals surface area contributed by atoms with Crippen molar-refractivity contribution < 1.29 is 4.57 Å². The molecule has 0 N–H and O–H groups in total. The van der Waals surface area contributed by atoms with Crippen molar-refractivity contribution in [2.24, 2.45) is 7.05 Å². The smallest absolute Gasteiger partial charge is 0.212 e. The number of likely N-dealkylation sites (tertiary alicyclic amines) is 1. The van der Waals surface area contributed by atoms with E-state index < -0.39 is 0 Å². The molecule has 4 aromatic rings. The Labute approximate surface area is 231 Å². The van der Waals surface area contributed by atoms with Crippen LogP contribution < -0.4 is 9.47 Å². The molecule has 0 saturated carbocycles. The van der Waals surface area contributed by atoms with E-state index in [-0.39, 0.29) is 0 Å². The molecule has 1 aromatic heterocycles. The molecule has 0 radical (unpaired) electrons. The molecule has 0 bridgehead atoms. The average molecular weight is 519 g/mol. The lowest BCUT2D eigenvalue weighted by atomic mass is 9.99. The molecule has 0 spiro atoms. The van der Waals surface area contributed by atoms with E-state index in [4.69, 9.17) is 0 Å². The number of rotatable bonds is 6. The molecular formula is C34H36N3S+. The second-order valence-corrected chi connectivity index (χ2v) is 11.8. The highest BCUT2D eigenvalue weighted by Gasteiger charge is 2.27. The maximum absolute atomic E-state index is 2.57. The summed E-state index contributed by atoms with van der Waals surface area (Å²) < 4.78 is 2.20. The van der Waals surface area contributed by atoms with Crippen molar-refractivity contribution in [3.8, 4) is 0 Å². The van der Waals surface area contributed by atoms with Gasteiger partial charge in [0.25, 0.3) is 0 Å². The molecule has 192 valence electrons. The number of hydrogen-bond acceptors (Lipinski definition) is 3. The lowest BCUT2D eigenvalue weighted by molar-refractivity contribution is -0.644. The van der Waals surface area contributed by atoms with Crippen molar-refractivity contribution in [1.29, 1.82) is 0 Å². The van der Waals surface area contributed by atoms with Crippen LogP contribution in [0.25, 0.3) is 22.6 Å². The Morgan fingerprint density at radius 3 is 2.45 bits per heavy atom. The largest absolute Gasteiger partial charge is 0.332 e. The molecule has 0 aliphatic carbocycles. The summed E-state index contributed by atoms with van der Waals surface area (Å²) in [5.74, 6) is 0. The molecule has 2 aliphatic rings. The maximum atomic E-state index is 2.57. The van der Waals surface area contributed by atoms with Crippen LogP contribution in [-0.2, 0) is 13.6 Å². The van der Waals surface area contributed by atoms with E-state index >= 15 is 0 Å². The molecule has 0 atom stereocenters. The van der Waals surface area contributed by atoms with Gasteiger partial charge in [-0.25, -0.2) is 4.57 Å². The van der Waals surface area contributed by atoms with Gasteiger partial charge >= 0.3 is 0 Å². The van der Waals surface area contributed by atoms with Gasteiger partial charge in [0.2, 0.25) is 5.52 Å². The Morgan fingerprint density at radius 2 is 1.66 bits per heavy atom. The number of thioether (sulfide) groups is 1. The molecule has 1 saturated heterocycles. The van der Waals surface area contributed by atoms with E-state index in [0.29, 0.717) is 6.04 Å². The SMILES string of the molecule is CC(C)N1/C(=C/C(=C/c2cc[n+](C)c3ccccc23)c2ccc(CN3CCCC3)cc2)Sc2ccccc21. The van der Waals surface area contributed by atoms with Crippen molar-refractivity contribution in [3.63, 3.8) is 0 Å². The molecule has 2 aliphatic heterocycles. The quantitative estimate of drug-likeness (QED) is 0.243. The third kappa shape index (κ3) is 5.03. The van der Waals surface area contributed by atoms with Gasteiger partial charge in [-0.15, -0.1) is 0 Å². The predicted octanol–water partition coefficient (Wildman–Crippen LogP) is 7.66. The van der Waals surface area contributed by atoms with Gasteiger partial charge in [0.05, 0.1) is 16.1 Å². The molecule has 1 fully saturated rings. The minimum absolute atomic E-state index is 0.373. The number of aromatic nitrogens is 1. The predicted molar refractivity (Wildman–Crippen MR) is 162 cm³/mol. The van der Waals surface area contributed by atoms with Crippen LogP contribution in [0.4, 0.5) is 5.69 Å². The number of nitrogens with zero attached hydrogens (tertiary/aromatic N) is 3. The first-order chi connectivity index (χ1) is 18.6. The van der Waals surface area contributed by atoms with Crippen molar-refractivity contribution in [2.45, 2.75) is 44.2 Å². The van der Waals surface area contributed by atoms with Crippen LogP contribution in [0.3, 0.4) is 0 Å². The third-order valence-corrected chi connectivity index (χ3v) is 8.74. The summed E-state index contributed by atoms with van der Waals surface area (Å²) in [4.78, 5) is 6.36. The van der Waals surface area contributed by atoms with E-state index in [0.717, 1.165) is 6.54 Å². The van der Waals surface area contributed by atoms with Crippen molar-refractivity contribution in [1.82, 2.24) is 4.90 Å². The number of fused-ring (bicyclic) bond motifs is 2. The average Bonchev–Trinajstić information content (AvgIpc) is 3.58. The molecule has 3 aromatic carbocycles. The summed E-state index contributed by atoms with van der Waals surface area (Å²) in [6, 6.07) is 29.3. The van der Waals surface area contributed by atoms with Crippen LogP contribution >= 0.6 is 11.8 Å². The second-order valence-electron chi connectivity index (χ2n) is 10.7. The number of pyridine rings is 1. The summed E-state index contributed by atoms with van der Waals surface area (Å²) in [7, 11) is 2.12. The van der Waals surface area contributed by atoms with Crippen molar-refractivity contribution in [2.75, 3.05) is 18.0 Å². The highest BCUT2D eigenvalue weighted by atomic mass is 32.2. The van der Waals surface area contributed by atoms with Gasteiger partial charge in [-0.3, -0.25) is 4.90 Å². The standard InChI is InChI=1S/C34H36N3S/c1-25(2)37-32-12-6-7-13-33(32)38-34(37)23-29(22-28-18-21-35(3)31-11-5-4-10-30(28)31)27-16-14-26(15-17-27)24-36-19-8-9-20-36/h4-7,10-18,21-23,25H,8-9,19-20,24H2,1-3H3/q+1. The van der Waals surface area contributed by atoms with E-state index in [9.17, 15) is 0 Å². The third-order valence-electron chi connectivity index (χ3n) is 7.65. The van der Waals surface area contributed by atoms with Crippen LogP contribution in [0.1, 0.15) is 43.4 Å². The summed E-state index contributed by atoms with van der Waals surface area (Å²) >= 11 is 1.87. The van der Waals surface area contributed by atoms with Gasteiger partial charge in [0.15, 0.2) is 6.20 Å². The fourth-order valence-electron chi connectivity index (χ4n) is 5.68. The van der Waals surface area contributed by atoms with E-state index in [2.05, 4.69) is 132 Å². The first-order valence-corrected chi connectivity index (χ1v) is 14.6. The normalized spacial score (nSPS) is 17.2. The monoisotopic (exact) mass is 518 g/mol. The summed E-state index contributed by atoms with van der Waals surface area (Å²) in [6.45, 7) is 8.04. The van der Waals surface area contributed by atoms with Gasteiger partial charge < -0.3 is 4.90 Å².